The van der Waals surface area contributed by atoms with Crippen molar-refractivity contribution in [3.05, 3.63) is 50.4 Å². The van der Waals surface area contributed by atoms with E-state index in [1.807, 2.05) is 0 Å². The summed E-state index contributed by atoms with van der Waals surface area (Å²) in [6.45, 7) is 3.02. The number of H-pyrrole nitrogens is 1. The molecule has 2 rings (SSSR count). The van der Waals surface area contributed by atoms with Crippen LogP contribution in [0.4, 0.5) is 5.69 Å². The monoisotopic (exact) mass is 318 g/mol. The Kier molecular flexibility index (Phi) is 4.75. The van der Waals surface area contributed by atoms with Crippen molar-refractivity contribution in [2.24, 2.45) is 4.99 Å². The normalized spacial score (nSPS) is 12.4. The van der Waals surface area contributed by atoms with Crippen LogP contribution in [0, 0.1) is 0 Å². The van der Waals surface area contributed by atoms with Gasteiger partial charge in [0.2, 0.25) is 0 Å². The summed E-state index contributed by atoms with van der Waals surface area (Å²) in [4.78, 5) is 41.5. The van der Waals surface area contributed by atoms with E-state index in [1.54, 1.807) is 6.92 Å². The van der Waals surface area contributed by atoms with E-state index in [0.717, 1.165) is 6.21 Å². The molecule has 2 aromatic rings. The highest BCUT2D eigenvalue weighted by Gasteiger charge is 2.13. The lowest BCUT2D eigenvalue weighted by atomic mass is 10.2. The molecule has 2 heterocycles. The fourth-order valence-electron chi connectivity index (χ4n) is 1.77. The maximum atomic E-state index is 11.8. The van der Waals surface area contributed by atoms with E-state index in [-0.39, 0.29) is 34.6 Å². The Bertz CT molecular complexity index is 915. The second-order valence-corrected chi connectivity index (χ2v) is 4.48. The molecule has 2 N–H and O–H groups in total. The van der Waals surface area contributed by atoms with Crippen LogP contribution in [0.2, 0.25) is 0 Å². The highest BCUT2D eigenvalue weighted by atomic mass is 16.5. The van der Waals surface area contributed by atoms with Crippen molar-refractivity contribution in [3.8, 4) is 0 Å². The molecule has 0 amide bonds. The summed E-state index contributed by atoms with van der Waals surface area (Å²) < 4.78 is 9.76. The number of carbonyl (C=O) groups excluding carboxylic acids is 1. The molecule has 0 atom stereocenters. The zero-order valence-electron chi connectivity index (χ0n) is 12.5. The van der Waals surface area contributed by atoms with Gasteiger partial charge in [-0.1, -0.05) is 0 Å². The van der Waals surface area contributed by atoms with Gasteiger partial charge in [0.25, 0.3) is 5.56 Å². The average Bonchev–Trinajstić information content (AvgIpc) is 2.48. The van der Waals surface area contributed by atoms with Crippen LogP contribution in [0.1, 0.15) is 13.8 Å². The minimum atomic E-state index is -0.779. The lowest BCUT2D eigenvalue weighted by Crippen LogP contribution is -2.11. The Hall–Kier alpha value is -3.16. The van der Waals surface area contributed by atoms with Crippen LogP contribution in [0.3, 0.4) is 0 Å². The number of esters is 1. The molecular weight excluding hydrogens is 304 g/mol. The van der Waals surface area contributed by atoms with E-state index in [1.165, 1.54) is 25.3 Å². The maximum absolute atomic E-state index is 11.8. The van der Waals surface area contributed by atoms with Gasteiger partial charge in [0, 0.05) is 12.4 Å². The van der Waals surface area contributed by atoms with Crippen molar-refractivity contribution in [2.45, 2.75) is 13.8 Å². The molecule has 0 bridgehead atoms. The van der Waals surface area contributed by atoms with Crippen molar-refractivity contribution in [1.82, 2.24) is 4.98 Å². The summed E-state index contributed by atoms with van der Waals surface area (Å²) in [6, 6.07) is 2.68. The SMILES string of the molecule is CCOC(=O)/C(C=Nc1cc2c(=O)[nH]ccc2oc1=O)=C(\C)O. The van der Waals surface area contributed by atoms with Crippen LogP contribution in [0.5, 0.6) is 0 Å². The molecule has 120 valence electrons. The molecule has 0 saturated heterocycles. The minimum Gasteiger partial charge on any atom is -0.512 e. The quantitative estimate of drug-likeness (QED) is 0.382. The predicted octanol–water partition coefficient (Wildman–Crippen LogP) is 1.58. The molecule has 0 radical (unpaired) electrons. The molecular formula is C15H14N2O6. The third-order valence-corrected chi connectivity index (χ3v) is 2.87. The topological polar surface area (TPSA) is 122 Å². The van der Waals surface area contributed by atoms with Gasteiger partial charge in [-0.3, -0.25) is 4.79 Å². The number of aromatic amines is 1. The first-order valence-corrected chi connectivity index (χ1v) is 6.70. The lowest BCUT2D eigenvalue weighted by molar-refractivity contribution is -0.138. The molecule has 0 fully saturated rings. The van der Waals surface area contributed by atoms with E-state index in [2.05, 4.69) is 9.98 Å². The number of pyridine rings is 1. The largest absolute Gasteiger partial charge is 0.512 e. The maximum Gasteiger partial charge on any atom is 0.362 e. The zero-order chi connectivity index (χ0) is 17.0. The second kappa shape index (κ2) is 6.73. The van der Waals surface area contributed by atoms with E-state index >= 15 is 0 Å². The summed E-state index contributed by atoms with van der Waals surface area (Å²) in [6.07, 6.45) is 2.34. The van der Waals surface area contributed by atoms with E-state index in [4.69, 9.17) is 9.15 Å². The molecule has 8 heteroatoms. The Morgan fingerprint density at radius 3 is 2.87 bits per heavy atom. The number of rotatable bonds is 4. The Labute approximate surface area is 129 Å². The van der Waals surface area contributed by atoms with E-state index < -0.39 is 17.2 Å². The van der Waals surface area contributed by atoms with Gasteiger partial charge in [-0.2, -0.15) is 0 Å². The number of hydrogen-bond donors (Lipinski definition) is 2. The molecule has 0 aliphatic rings. The number of hydrogen-bond acceptors (Lipinski definition) is 7. The number of allylic oxidation sites excluding steroid dienone is 1. The number of nitrogens with one attached hydrogen (secondary N) is 1. The highest BCUT2D eigenvalue weighted by Crippen LogP contribution is 2.14. The van der Waals surface area contributed by atoms with Crippen LogP contribution in [-0.2, 0) is 9.53 Å². The number of carbonyl (C=O) groups is 1. The van der Waals surface area contributed by atoms with Crippen LogP contribution in [0.25, 0.3) is 11.0 Å². The molecule has 8 nitrogen and oxygen atoms in total. The predicted molar refractivity (Wildman–Crippen MR) is 83.2 cm³/mol. The smallest absolute Gasteiger partial charge is 0.362 e. The summed E-state index contributed by atoms with van der Waals surface area (Å²) in [5.74, 6) is -1.09. The fraction of sp³-hybridized carbons (Fsp3) is 0.200. The lowest BCUT2D eigenvalue weighted by Gasteiger charge is -2.03. The van der Waals surface area contributed by atoms with Crippen molar-refractivity contribution in [1.29, 1.82) is 0 Å². The molecule has 2 aromatic heterocycles. The fourth-order valence-corrected chi connectivity index (χ4v) is 1.77. The second-order valence-electron chi connectivity index (χ2n) is 4.48. The van der Waals surface area contributed by atoms with Gasteiger partial charge in [-0.25, -0.2) is 14.6 Å². The van der Waals surface area contributed by atoms with Crippen molar-refractivity contribution in [3.63, 3.8) is 0 Å². The molecule has 0 unspecified atom stereocenters. The first kappa shape index (κ1) is 16.2. The van der Waals surface area contributed by atoms with Gasteiger partial charge >= 0.3 is 11.6 Å². The average molecular weight is 318 g/mol. The summed E-state index contributed by atoms with van der Waals surface area (Å²) in [5.41, 5.74) is -1.48. The van der Waals surface area contributed by atoms with Crippen LogP contribution in [-0.4, -0.2) is 28.9 Å². The summed E-state index contributed by atoms with van der Waals surface area (Å²) >= 11 is 0. The van der Waals surface area contributed by atoms with Gasteiger partial charge < -0.3 is 19.2 Å². The Balaban J connectivity index is 2.48. The molecule has 0 saturated carbocycles. The van der Waals surface area contributed by atoms with Gasteiger partial charge in [-0.15, -0.1) is 0 Å². The third kappa shape index (κ3) is 3.54. The summed E-state index contributed by atoms with van der Waals surface area (Å²) in [7, 11) is 0. The third-order valence-electron chi connectivity index (χ3n) is 2.87. The number of aliphatic hydroxyl groups is 1. The number of nitrogens with zero attached hydrogens (tertiary/aromatic N) is 1. The first-order chi connectivity index (χ1) is 10.9. The molecule has 23 heavy (non-hydrogen) atoms. The van der Waals surface area contributed by atoms with Crippen molar-refractivity contribution >= 4 is 28.8 Å². The van der Waals surface area contributed by atoms with Gasteiger partial charge in [0.1, 0.15) is 22.6 Å². The summed E-state index contributed by atoms with van der Waals surface area (Å²) in [5, 5.41) is 9.64. The van der Waals surface area contributed by atoms with Crippen LogP contribution >= 0.6 is 0 Å². The minimum absolute atomic E-state index is 0.122. The van der Waals surface area contributed by atoms with E-state index in [9.17, 15) is 19.5 Å². The van der Waals surface area contributed by atoms with Crippen LogP contribution < -0.4 is 11.2 Å². The first-order valence-electron chi connectivity index (χ1n) is 6.70. The van der Waals surface area contributed by atoms with Gasteiger partial charge in [0.05, 0.1) is 12.0 Å². The highest BCUT2D eigenvalue weighted by molar-refractivity contribution is 6.10. The van der Waals surface area contributed by atoms with Crippen molar-refractivity contribution < 1.29 is 19.1 Å². The zero-order valence-corrected chi connectivity index (χ0v) is 12.5. The van der Waals surface area contributed by atoms with E-state index in [0.29, 0.717) is 0 Å². The standard InChI is InChI=1S/C15H14N2O6/c1-3-22-14(20)10(8(2)18)7-17-11-6-9-12(23-15(11)21)4-5-16-13(9)19/h4-7,18H,3H2,1-2H3,(H,16,19)/b10-8+,17-7?. The number of aromatic nitrogens is 1. The Morgan fingerprint density at radius 2 is 2.22 bits per heavy atom. The number of aliphatic hydroxyl groups excluding tert-OH is 1. The Morgan fingerprint density at radius 1 is 1.48 bits per heavy atom. The van der Waals surface area contributed by atoms with Gasteiger partial charge in [-0.05, 0) is 26.0 Å². The molecule has 0 spiro atoms. The molecule has 0 aromatic carbocycles. The van der Waals surface area contributed by atoms with Gasteiger partial charge in [0.15, 0.2) is 0 Å². The number of fused-ring (bicyclic) bond motifs is 1. The number of aliphatic imine (C=N–C) groups is 1. The van der Waals surface area contributed by atoms with Crippen LogP contribution in [0.15, 0.2) is 48.7 Å². The molecule has 0 aliphatic carbocycles. The molecule has 0 aliphatic heterocycles. The number of ether oxygens (including phenoxy) is 1. The van der Waals surface area contributed by atoms with Crippen molar-refractivity contribution in [2.75, 3.05) is 6.61 Å².